The van der Waals surface area contributed by atoms with E-state index in [2.05, 4.69) is 49.7 Å². The number of alkyl halides is 3. The number of hydrogen-bond donors (Lipinski definition) is 1. The molecule has 3 aliphatic rings. The summed E-state index contributed by atoms with van der Waals surface area (Å²) in [6, 6.07) is 4.65. The number of nitrogens with one attached hydrogen (secondary N) is 1. The Labute approximate surface area is 228 Å². The second-order valence-electron chi connectivity index (χ2n) is 10.0. The summed E-state index contributed by atoms with van der Waals surface area (Å²) >= 11 is 0.731. The Balaban J connectivity index is 1.21. The van der Waals surface area contributed by atoms with E-state index in [9.17, 15) is 23.2 Å². The van der Waals surface area contributed by atoms with Gasteiger partial charge in [0.05, 0.1) is 18.0 Å². The number of hydrogen-bond acceptors (Lipinski definition) is 7. The summed E-state index contributed by atoms with van der Waals surface area (Å²) in [4.78, 5) is 24.5. The molecule has 0 saturated carbocycles. The summed E-state index contributed by atoms with van der Waals surface area (Å²) in [5.41, 5.74) is 1.75. The highest BCUT2D eigenvalue weighted by atomic mass is 32.1. The van der Waals surface area contributed by atoms with E-state index in [4.69, 9.17) is 0 Å². The number of rotatable bonds is 6. The molecule has 2 saturated heterocycles. The van der Waals surface area contributed by atoms with E-state index < -0.39 is 17.8 Å². The van der Waals surface area contributed by atoms with Gasteiger partial charge in [-0.2, -0.15) is 18.4 Å². The summed E-state index contributed by atoms with van der Waals surface area (Å²) in [5, 5.41) is 13.4. The Kier molecular flexibility index (Phi) is 7.22. The van der Waals surface area contributed by atoms with Crippen molar-refractivity contribution in [3.8, 4) is 6.07 Å². The van der Waals surface area contributed by atoms with Gasteiger partial charge in [0.15, 0.2) is 10.7 Å². The quantitative estimate of drug-likeness (QED) is 0.562. The number of allylic oxidation sites excluding steroid dienone is 1. The highest BCUT2D eigenvalue weighted by Crippen LogP contribution is 2.38. The van der Waals surface area contributed by atoms with Crippen LogP contribution in [-0.4, -0.2) is 63.3 Å². The Morgan fingerprint density at radius 1 is 1.36 bits per heavy atom. The third kappa shape index (κ3) is 5.16. The molecule has 12 heteroatoms. The largest absolute Gasteiger partial charge is 0.434 e. The lowest BCUT2D eigenvalue weighted by Gasteiger charge is -2.54. The fourth-order valence-electron chi connectivity index (χ4n) is 5.47. The SMILES string of the molecule is C=CNC1=NC=C/C1=C(/C)c1ccn(C2(CC#N)CN(C3CCN(C(=O)c4nc(C(F)(F)F)cs4)CC3)C2)c1. The number of halogens is 3. The van der Waals surface area contributed by atoms with Crippen molar-refractivity contribution in [2.45, 2.75) is 43.9 Å². The lowest BCUT2D eigenvalue weighted by Crippen LogP contribution is -2.66. The Hall–Kier alpha value is -3.69. The van der Waals surface area contributed by atoms with Crippen molar-refractivity contribution in [1.29, 1.82) is 5.26 Å². The molecule has 3 aliphatic heterocycles. The van der Waals surface area contributed by atoms with Crippen LogP contribution in [0.4, 0.5) is 13.2 Å². The van der Waals surface area contributed by atoms with Gasteiger partial charge in [-0.25, -0.2) is 9.98 Å². The lowest BCUT2D eigenvalue weighted by molar-refractivity contribution is -0.140. The van der Waals surface area contributed by atoms with E-state index in [-0.39, 0.29) is 16.6 Å². The molecule has 0 radical (unpaired) electrons. The Bertz CT molecular complexity index is 1400. The van der Waals surface area contributed by atoms with Gasteiger partial charge in [0.2, 0.25) is 0 Å². The first-order valence-corrected chi connectivity index (χ1v) is 13.5. The van der Waals surface area contributed by atoms with Crippen LogP contribution in [0.2, 0.25) is 0 Å². The summed E-state index contributed by atoms with van der Waals surface area (Å²) in [6.45, 7) is 8.10. The maximum absolute atomic E-state index is 12.9. The summed E-state index contributed by atoms with van der Waals surface area (Å²) in [5.74, 6) is 0.298. The minimum Gasteiger partial charge on any atom is -0.347 e. The maximum Gasteiger partial charge on any atom is 0.434 e. The lowest BCUT2D eigenvalue weighted by atomic mass is 9.83. The molecular weight excluding hydrogens is 527 g/mol. The molecule has 39 heavy (non-hydrogen) atoms. The van der Waals surface area contributed by atoms with Crippen molar-refractivity contribution >= 4 is 28.7 Å². The van der Waals surface area contributed by atoms with E-state index in [1.54, 1.807) is 17.3 Å². The number of nitriles is 1. The number of carbonyl (C=O) groups excluding carboxylic acids is 1. The first-order valence-electron chi connectivity index (χ1n) is 12.6. The van der Waals surface area contributed by atoms with Crippen molar-refractivity contribution < 1.29 is 18.0 Å². The normalized spacial score (nSPS) is 20.8. The van der Waals surface area contributed by atoms with Gasteiger partial charge in [0.1, 0.15) is 5.84 Å². The van der Waals surface area contributed by atoms with Crippen LogP contribution in [0, 0.1) is 11.3 Å². The van der Waals surface area contributed by atoms with Crippen molar-refractivity contribution in [1.82, 2.24) is 24.7 Å². The Morgan fingerprint density at radius 3 is 2.74 bits per heavy atom. The predicted octanol–water partition coefficient (Wildman–Crippen LogP) is 4.63. The number of amides is 1. The number of likely N-dealkylation sites (tertiary alicyclic amines) is 2. The third-order valence-corrected chi connectivity index (χ3v) is 8.50. The van der Waals surface area contributed by atoms with E-state index in [0.717, 1.165) is 65.2 Å². The summed E-state index contributed by atoms with van der Waals surface area (Å²) in [7, 11) is 0. The molecule has 8 nitrogen and oxygen atoms in total. The molecule has 0 spiro atoms. The maximum atomic E-state index is 12.9. The topological polar surface area (TPSA) is 89.5 Å². The van der Waals surface area contributed by atoms with Crippen LogP contribution in [0.15, 0.2) is 59.5 Å². The van der Waals surface area contributed by atoms with Gasteiger partial charge in [-0.3, -0.25) is 9.69 Å². The van der Waals surface area contributed by atoms with Gasteiger partial charge in [0, 0.05) is 61.8 Å². The van der Waals surface area contributed by atoms with Crippen LogP contribution in [-0.2, 0) is 11.7 Å². The second-order valence-corrected chi connectivity index (χ2v) is 10.9. The first kappa shape index (κ1) is 26.9. The fourth-order valence-corrected chi connectivity index (χ4v) is 6.26. The van der Waals surface area contributed by atoms with Crippen LogP contribution < -0.4 is 5.32 Å². The monoisotopic (exact) mass is 555 g/mol. The van der Waals surface area contributed by atoms with Crippen molar-refractivity contribution in [2.75, 3.05) is 26.2 Å². The van der Waals surface area contributed by atoms with Crippen molar-refractivity contribution in [3.05, 3.63) is 70.7 Å². The third-order valence-electron chi connectivity index (χ3n) is 7.66. The second kappa shape index (κ2) is 10.5. The van der Waals surface area contributed by atoms with Crippen molar-refractivity contribution in [3.63, 3.8) is 0 Å². The molecule has 0 bridgehead atoms. The van der Waals surface area contributed by atoms with Crippen LogP contribution in [0.1, 0.15) is 47.2 Å². The molecule has 0 aromatic carbocycles. The number of carbonyl (C=O) groups is 1. The zero-order valence-corrected chi connectivity index (χ0v) is 22.2. The molecule has 0 atom stereocenters. The first-order chi connectivity index (χ1) is 18.6. The fraction of sp³-hybridized carbons (Fsp3) is 0.407. The van der Waals surface area contributed by atoms with Gasteiger partial charge in [-0.1, -0.05) is 6.58 Å². The van der Waals surface area contributed by atoms with Crippen LogP contribution in [0.3, 0.4) is 0 Å². The van der Waals surface area contributed by atoms with Crippen molar-refractivity contribution in [2.24, 2.45) is 4.99 Å². The molecule has 2 fully saturated rings. The number of thiazole rings is 1. The van der Waals surface area contributed by atoms with E-state index in [0.29, 0.717) is 19.5 Å². The minimum absolute atomic E-state index is 0.127. The molecule has 2 aromatic heterocycles. The molecule has 0 unspecified atom stereocenters. The smallest absolute Gasteiger partial charge is 0.347 e. The van der Waals surface area contributed by atoms with Crippen LogP contribution >= 0.6 is 11.3 Å². The average Bonchev–Trinajstić information content (AvgIpc) is 3.66. The van der Waals surface area contributed by atoms with Gasteiger partial charge in [0.25, 0.3) is 5.91 Å². The standard InChI is InChI=1S/C27H28F3N7OS/c1-3-32-23-21(4-10-33-23)18(2)19-5-13-37(14-19)26(8-9-31)16-36(17-26)20-6-11-35(12-7-20)25(38)24-34-22(15-39-24)27(28,29)30/h3-5,10,13-15,20H,1,6-8,11-12,16-17H2,2H3,(H,32,33)/b21-18+. The predicted molar refractivity (Wildman–Crippen MR) is 143 cm³/mol. The van der Waals surface area contributed by atoms with Crippen LogP contribution in [0.5, 0.6) is 0 Å². The molecule has 1 N–H and O–H groups in total. The molecular formula is C27H28F3N7OS. The average molecular weight is 556 g/mol. The summed E-state index contributed by atoms with van der Waals surface area (Å²) < 4.78 is 40.7. The number of aliphatic imine (C=N–C) groups is 1. The van der Waals surface area contributed by atoms with Gasteiger partial charge >= 0.3 is 6.18 Å². The summed E-state index contributed by atoms with van der Waals surface area (Å²) in [6.07, 6.45) is 6.66. The molecule has 2 aromatic rings. The van der Waals surface area contributed by atoms with Gasteiger partial charge in [-0.05, 0) is 49.2 Å². The van der Waals surface area contributed by atoms with Gasteiger partial charge in [-0.15, -0.1) is 11.3 Å². The zero-order chi connectivity index (χ0) is 27.8. The van der Waals surface area contributed by atoms with E-state index in [1.807, 2.05) is 19.2 Å². The number of aromatic nitrogens is 2. The molecule has 5 rings (SSSR count). The number of piperidine rings is 1. The molecule has 204 valence electrons. The van der Waals surface area contributed by atoms with E-state index in [1.165, 1.54) is 0 Å². The Morgan fingerprint density at radius 2 is 2.10 bits per heavy atom. The molecule has 1 amide bonds. The van der Waals surface area contributed by atoms with Gasteiger partial charge < -0.3 is 14.8 Å². The molecule has 5 heterocycles. The minimum atomic E-state index is -4.56. The number of amidine groups is 1. The highest BCUT2D eigenvalue weighted by molar-refractivity contribution is 7.11. The molecule has 0 aliphatic carbocycles. The number of nitrogens with zero attached hydrogens (tertiary/aromatic N) is 6. The highest BCUT2D eigenvalue weighted by Gasteiger charge is 2.47. The van der Waals surface area contributed by atoms with Crippen LogP contribution in [0.25, 0.3) is 5.57 Å². The zero-order valence-electron chi connectivity index (χ0n) is 21.4. The van der Waals surface area contributed by atoms with E-state index >= 15 is 0 Å².